The second kappa shape index (κ2) is 13.0. The van der Waals surface area contributed by atoms with Crippen molar-refractivity contribution in [1.82, 2.24) is 9.80 Å². The average Bonchev–Trinajstić information content (AvgIpc) is 2.92. The van der Waals surface area contributed by atoms with Gasteiger partial charge in [0.1, 0.15) is 5.56 Å². The minimum atomic E-state index is -4.81. The van der Waals surface area contributed by atoms with Gasteiger partial charge >= 0.3 is 6.18 Å². The average molecular weight is 549 g/mol. The summed E-state index contributed by atoms with van der Waals surface area (Å²) in [5.74, 6) is 1.42. The lowest BCUT2D eigenvalue weighted by Gasteiger charge is -2.35. The lowest BCUT2D eigenvalue weighted by atomic mass is 9.83. The van der Waals surface area contributed by atoms with Crippen molar-refractivity contribution in [2.75, 3.05) is 38.0 Å². The molecule has 0 spiro atoms. The fourth-order valence-corrected chi connectivity index (χ4v) is 5.99. The highest BCUT2D eigenvalue weighted by Gasteiger charge is 2.38. The maximum Gasteiger partial charge on any atom is 0.423 e. The van der Waals surface area contributed by atoms with Gasteiger partial charge in [-0.25, -0.2) is 0 Å². The Kier molecular flexibility index (Phi) is 9.69. The molecule has 2 heterocycles. The number of hydrogen-bond donors (Lipinski definition) is 1. The summed E-state index contributed by atoms with van der Waals surface area (Å²) in [6, 6.07) is 2.88. The number of piperidine rings is 2. The normalized spacial score (nSPS) is 21.6. The number of likely N-dealkylation sites (tertiary alicyclic amines) is 2. The van der Waals surface area contributed by atoms with E-state index in [1.807, 2.05) is 4.90 Å². The van der Waals surface area contributed by atoms with Crippen molar-refractivity contribution in [2.45, 2.75) is 70.5 Å². The summed E-state index contributed by atoms with van der Waals surface area (Å²) in [6.45, 7) is 6.07. The van der Waals surface area contributed by atoms with E-state index in [9.17, 15) is 28.1 Å². The molecule has 7 nitrogen and oxygen atoms in total. The molecule has 4 rings (SSSR count). The van der Waals surface area contributed by atoms with Crippen LogP contribution in [0.3, 0.4) is 0 Å². The lowest BCUT2D eigenvalue weighted by Crippen LogP contribution is -2.44. The van der Waals surface area contributed by atoms with Gasteiger partial charge in [0.2, 0.25) is 5.91 Å². The molecule has 0 saturated carbocycles. The minimum absolute atomic E-state index is 0.101. The number of nitrogens with one attached hydrogen (secondary N) is 1. The second-order valence-electron chi connectivity index (χ2n) is 11.0. The third-order valence-corrected chi connectivity index (χ3v) is 8.29. The number of benzene rings is 1. The number of carbonyl (C=O) groups excluding carboxylic acids is 1. The first kappa shape index (κ1) is 29.1. The van der Waals surface area contributed by atoms with E-state index in [1.54, 1.807) is 0 Å². The highest BCUT2D eigenvalue weighted by molar-refractivity contribution is 5.76. The van der Waals surface area contributed by atoms with Gasteiger partial charge in [0.15, 0.2) is 0 Å². The minimum Gasteiger partial charge on any atom is -0.382 e. The first-order valence-corrected chi connectivity index (χ1v) is 14.1. The highest BCUT2D eigenvalue weighted by atomic mass is 19.4. The number of nitro groups is 1. The van der Waals surface area contributed by atoms with E-state index in [0.29, 0.717) is 44.2 Å². The first-order valence-electron chi connectivity index (χ1n) is 14.1. The van der Waals surface area contributed by atoms with Crippen LogP contribution in [-0.4, -0.2) is 59.4 Å². The summed E-state index contributed by atoms with van der Waals surface area (Å²) in [5.41, 5.74) is -0.540. The molecule has 1 aliphatic carbocycles. The molecule has 2 aliphatic heterocycles. The second-order valence-corrected chi connectivity index (χ2v) is 11.0. The molecule has 1 aromatic rings. The highest BCUT2D eigenvalue weighted by Crippen LogP contribution is 2.38. The first-order chi connectivity index (χ1) is 18.6. The molecule has 0 bridgehead atoms. The van der Waals surface area contributed by atoms with Gasteiger partial charge in [0.25, 0.3) is 5.69 Å². The van der Waals surface area contributed by atoms with E-state index in [1.165, 1.54) is 24.5 Å². The van der Waals surface area contributed by atoms with E-state index in [4.69, 9.17) is 0 Å². The number of anilines is 1. The monoisotopic (exact) mass is 548 g/mol. The van der Waals surface area contributed by atoms with Crippen LogP contribution < -0.4 is 5.32 Å². The quantitative estimate of drug-likeness (QED) is 0.285. The van der Waals surface area contributed by atoms with E-state index in [0.717, 1.165) is 51.0 Å². The molecule has 3 aliphatic rings. The maximum absolute atomic E-state index is 13.3. The molecule has 2 saturated heterocycles. The van der Waals surface area contributed by atoms with Crippen LogP contribution in [0.4, 0.5) is 24.5 Å². The number of halogens is 3. The zero-order valence-corrected chi connectivity index (χ0v) is 22.6. The molecule has 1 N–H and O–H groups in total. The van der Waals surface area contributed by atoms with Crippen molar-refractivity contribution in [3.05, 3.63) is 57.7 Å². The van der Waals surface area contributed by atoms with E-state index in [-0.39, 0.29) is 17.6 Å². The van der Waals surface area contributed by atoms with Gasteiger partial charge in [-0.3, -0.25) is 14.9 Å². The van der Waals surface area contributed by atoms with Crippen molar-refractivity contribution in [3.63, 3.8) is 0 Å². The molecular formula is C29H39F3N4O3. The van der Waals surface area contributed by atoms with Crippen LogP contribution in [0.2, 0.25) is 0 Å². The molecule has 1 unspecified atom stereocenters. The summed E-state index contributed by atoms with van der Waals surface area (Å²) < 4.78 is 39.8. The number of rotatable bonds is 9. The van der Waals surface area contributed by atoms with E-state index < -0.39 is 22.4 Å². The predicted molar refractivity (Wildman–Crippen MR) is 145 cm³/mol. The Labute approximate surface area is 228 Å². The molecule has 1 aromatic carbocycles. The summed E-state index contributed by atoms with van der Waals surface area (Å²) in [4.78, 5) is 27.0. The van der Waals surface area contributed by atoms with Crippen LogP contribution in [0.5, 0.6) is 0 Å². The molecule has 0 radical (unpaired) electrons. The Morgan fingerprint density at radius 3 is 2.44 bits per heavy atom. The molecule has 2 fully saturated rings. The molecule has 214 valence electrons. The number of allylic oxidation sites excluding steroid dienone is 4. The molecule has 1 atom stereocenters. The lowest BCUT2D eigenvalue weighted by molar-refractivity contribution is -0.388. The van der Waals surface area contributed by atoms with Crippen molar-refractivity contribution in [3.8, 4) is 0 Å². The Bertz CT molecular complexity index is 1070. The third kappa shape index (κ3) is 7.84. The van der Waals surface area contributed by atoms with Gasteiger partial charge in [0.05, 0.1) is 4.92 Å². The van der Waals surface area contributed by atoms with Gasteiger partial charge in [-0.15, -0.1) is 0 Å². The molecule has 1 amide bonds. The number of carbonyl (C=O) groups is 1. The fourth-order valence-electron chi connectivity index (χ4n) is 5.99. The maximum atomic E-state index is 13.3. The molecule has 0 aromatic heterocycles. The summed E-state index contributed by atoms with van der Waals surface area (Å²) in [5, 5.41) is 14.0. The predicted octanol–water partition coefficient (Wildman–Crippen LogP) is 6.42. The number of hydrogen-bond acceptors (Lipinski definition) is 5. The smallest absolute Gasteiger partial charge is 0.382 e. The van der Waals surface area contributed by atoms with Gasteiger partial charge < -0.3 is 15.1 Å². The van der Waals surface area contributed by atoms with Crippen LogP contribution in [0.1, 0.15) is 63.9 Å². The van der Waals surface area contributed by atoms with E-state index in [2.05, 4.69) is 35.4 Å². The largest absolute Gasteiger partial charge is 0.423 e. The summed E-state index contributed by atoms with van der Waals surface area (Å²) >= 11 is 0. The molecule has 39 heavy (non-hydrogen) atoms. The van der Waals surface area contributed by atoms with Gasteiger partial charge in [0, 0.05) is 43.9 Å². The number of nitrogens with zero attached hydrogens (tertiary/aromatic N) is 3. The van der Waals surface area contributed by atoms with Gasteiger partial charge in [-0.2, -0.15) is 13.2 Å². The zero-order chi connectivity index (χ0) is 28.0. The Morgan fingerprint density at radius 2 is 1.85 bits per heavy atom. The summed E-state index contributed by atoms with van der Waals surface area (Å²) in [7, 11) is 0. The van der Waals surface area contributed by atoms with Gasteiger partial charge in [-0.1, -0.05) is 31.6 Å². The Balaban J connectivity index is 1.17. The number of nitro benzene ring substituents is 1. The summed E-state index contributed by atoms with van der Waals surface area (Å²) in [6.07, 6.45) is 9.90. The fraction of sp³-hybridized carbons (Fsp3) is 0.621. The van der Waals surface area contributed by atoms with Crippen LogP contribution in [0.25, 0.3) is 0 Å². The van der Waals surface area contributed by atoms with Crippen molar-refractivity contribution in [1.29, 1.82) is 0 Å². The zero-order valence-electron chi connectivity index (χ0n) is 22.6. The van der Waals surface area contributed by atoms with Crippen LogP contribution in [-0.2, 0) is 11.0 Å². The molecular weight excluding hydrogens is 509 g/mol. The van der Waals surface area contributed by atoms with Gasteiger partial charge in [-0.05, 0) is 81.2 Å². The topological polar surface area (TPSA) is 78.7 Å². The van der Waals surface area contributed by atoms with Crippen LogP contribution in [0.15, 0.2) is 42.0 Å². The Hall–Kier alpha value is -2.88. The van der Waals surface area contributed by atoms with Crippen LogP contribution in [0, 0.1) is 22.0 Å². The van der Waals surface area contributed by atoms with Crippen molar-refractivity contribution < 1.29 is 22.9 Å². The SMILES string of the molecule is CCCC1C=CC(C2CCN(CCC(=O)N3CCC(Nc4ccc([N+](=O)[O-])c(C(F)(F)F)c4)CC3)CC2)=CC1. The number of amides is 1. The standard InChI is InChI=1S/C29H39F3N4O3/c1-2-3-21-4-6-22(7-5-21)23-10-15-34(16-11-23)17-14-28(37)35-18-12-24(13-19-35)33-25-8-9-27(36(38)39)26(20-25)29(30,31)32/h4,6-9,20-21,23-24,33H,2-3,5,10-19H2,1H3. The molecule has 10 heteroatoms. The van der Waals surface area contributed by atoms with Crippen LogP contribution >= 0.6 is 0 Å². The number of alkyl halides is 3. The Morgan fingerprint density at radius 1 is 1.13 bits per heavy atom. The van der Waals surface area contributed by atoms with Crippen molar-refractivity contribution >= 4 is 17.3 Å². The van der Waals surface area contributed by atoms with Crippen molar-refractivity contribution in [2.24, 2.45) is 11.8 Å². The van der Waals surface area contributed by atoms with E-state index >= 15 is 0 Å². The third-order valence-electron chi connectivity index (χ3n) is 8.29.